The van der Waals surface area contributed by atoms with E-state index in [9.17, 15) is 4.39 Å². The van der Waals surface area contributed by atoms with Crippen molar-refractivity contribution >= 4 is 24.0 Å². The van der Waals surface area contributed by atoms with Gasteiger partial charge in [-0.3, -0.25) is 4.98 Å². The SMILES string of the molecule is Cl.Fc1ncc(Cl)cc1-c1cc(OCc2ccccn2)nc2c1CCCC2. The van der Waals surface area contributed by atoms with Crippen LogP contribution in [0.15, 0.2) is 42.7 Å². The fourth-order valence-electron chi connectivity index (χ4n) is 3.24. The molecular formula is C20H18Cl2FN3O. The molecule has 0 atom stereocenters. The van der Waals surface area contributed by atoms with Crippen molar-refractivity contribution in [3.05, 3.63) is 70.6 Å². The monoisotopic (exact) mass is 405 g/mol. The Morgan fingerprint density at radius 3 is 2.74 bits per heavy atom. The van der Waals surface area contributed by atoms with E-state index >= 15 is 0 Å². The molecule has 0 aliphatic heterocycles. The third-order valence-corrected chi connectivity index (χ3v) is 4.67. The third-order valence-electron chi connectivity index (χ3n) is 4.47. The number of aryl methyl sites for hydroxylation is 1. The Morgan fingerprint density at radius 1 is 1.07 bits per heavy atom. The van der Waals surface area contributed by atoms with Crippen LogP contribution in [0.3, 0.4) is 0 Å². The normalized spacial score (nSPS) is 12.8. The van der Waals surface area contributed by atoms with Gasteiger partial charge in [-0.15, -0.1) is 12.4 Å². The largest absolute Gasteiger partial charge is 0.471 e. The second kappa shape index (κ2) is 8.63. The summed E-state index contributed by atoms with van der Waals surface area (Å²) in [6.45, 7) is 0.308. The summed E-state index contributed by atoms with van der Waals surface area (Å²) >= 11 is 6.05. The number of hydrogen-bond donors (Lipinski definition) is 0. The number of aromatic nitrogens is 3. The lowest BCUT2D eigenvalue weighted by atomic mass is 9.89. The highest BCUT2D eigenvalue weighted by Gasteiger charge is 2.20. The van der Waals surface area contributed by atoms with E-state index in [4.69, 9.17) is 16.3 Å². The number of hydrogen-bond acceptors (Lipinski definition) is 4. The van der Waals surface area contributed by atoms with Crippen LogP contribution in [0.5, 0.6) is 5.88 Å². The molecule has 0 aromatic carbocycles. The van der Waals surface area contributed by atoms with Gasteiger partial charge in [-0.05, 0) is 55.0 Å². The van der Waals surface area contributed by atoms with E-state index in [0.717, 1.165) is 48.2 Å². The lowest BCUT2D eigenvalue weighted by Gasteiger charge is -2.20. The molecule has 27 heavy (non-hydrogen) atoms. The zero-order chi connectivity index (χ0) is 17.9. The van der Waals surface area contributed by atoms with E-state index in [1.165, 1.54) is 6.20 Å². The van der Waals surface area contributed by atoms with Crippen LogP contribution < -0.4 is 4.74 Å². The van der Waals surface area contributed by atoms with Crippen molar-refractivity contribution in [2.75, 3.05) is 0 Å². The number of rotatable bonds is 4. The molecule has 140 valence electrons. The van der Waals surface area contributed by atoms with Crippen LogP contribution in [-0.2, 0) is 19.4 Å². The number of ether oxygens (including phenoxy) is 1. The first-order valence-corrected chi connectivity index (χ1v) is 8.95. The van der Waals surface area contributed by atoms with Crippen molar-refractivity contribution in [2.45, 2.75) is 32.3 Å². The molecule has 0 unspecified atom stereocenters. The van der Waals surface area contributed by atoms with Crippen LogP contribution in [0, 0.1) is 5.95 Å². The van der Waals surface area contributed by atoms with Crippen LogP contribution in [0.4, 0.5) is 4.39 Å². The second-order valence-electron chi connectivity index (χ2n) is 6.24. The minimum absolute atomic E-state index is 0. The summed E-state index contributed by atoms with van der Waals surface area (Å²) in [6.07, 6.45) is 6.89. The van der Waals surface area contributed by atoms with Gasteiger partial charge in [0.2, 0.25) is 11.8 Å². The molecule has 0 fully saturated rings. The van der Waals surface area contributed by atoms with Gasteiger partial charge in [-0.2, -0.15) is 4.39 Å². The molecule has 0 radical (unpaired) electrons. The van der Waals surface area contributed by atoms with Crippen molar-refractivity contribution in [1.82, 2.24) is 15.0 Å². The van der Waals surface area contributed by atoms with E-state index in [0.29, 0.717) is 23.1 Å². The highest BCUT2D eigenvalue weighted by Crippen LogP contribution is 2.35. The fourth-order valence-corrected chi connectivity index (χ4v) is 3.39. The number of nitrogens with zero attached hydrogens (tertiary/aromatic N) is 3. The van der Waals surface area contributed by atoms with Gasteiger partial charge in [0.05, 0.1) is 10.7 Å². The molecule has 3 aromatic rings. The number of halogens is 3. The molecule has 0 saturated heterocycles. The van der Waals surface area contributed by atoms with E-state index in [2.05, 4.69) is 15.0 Å². The molecule has 7 heteroatoms. The zero-order valence-electron chi connectivity index (χ0n) is 14.5. The van der Waals surface area contributed by atoms with Gasteiger partial charge >= 0.3 is 0 Å². The molecular weight excluding hydrogens is 388 g/mol. The third kappa shape index (κ3) is 4.37. The summed E-state index contributed by atoms with van der Waals surface area (Å²) in [5.41, 5.74) is 3.98. The molecule has 0 bridgehead atoms. The Balaban J connectivity index is 0.00000210. The molecule has 1 aliphatic rings. The molecule has 3 aromatic heterocycles. The van der Waals surface area contributed by atoms with E-state index < -0.39 is 5.95 Å². The number of fused-ring (bicyclic) bond motifs is 1. The zero-order valence-corrected chi connectivity index (χ0v) is 16.1. The summed E-state index contributed by atoms with van der Waals surface area (Å²) in [6, 6.07) is 9.04. The van der Waals surface area contributed by atoms with Gasteiger partial charge in [0, 0.05) is 29.7 Å². The van der Waals surface area contributed by atoms with Crippen molar-refractivity contribution < 1.29 is 9.13 Å². The summed E-state index contributed by atoms with van der Waals surface area (Å²) in [4.78, 5) is 12.6. The Hall–Kier alpha value is -2.24. The van der Waals surface area contributed by atoms with Crippen LogP contribution in [0.2, 0.25) is 5.02 Å². The highest BCUT2D eigenvalue weighted by atomic mass is 35.5. The molecule has 4 nitrogen and oxygen atoms in total. The summed E-state index contributed by atoms with van der Waals surface area (Å²) in [7, 11) is 0. The summed E-state index contributed by atoms with van der Waals surface area (Å²) in [5, 5.41) is 0.402. The minimum atomic E-state index is -0.538. The first-order chi connectivity index (χ1) is 12.7. The standard InChI is InChI=1S/C20H17ClFN3O.ClH/c21-13-9-17(20(22)24-11-13)16-10-19(25-18-7-2-1-6-15(16)18)26-12-14-5-3-4-8-23-14;/h3-5,8-11H,1-2,6-7,12H2;1H. The molecule has 1 aliphatic carbocycles. The van der Waals surface area contributed by atoms with Gasteiger partial charge < -0.3 is 4.74 Å². The van der Waals surface area contributed by atoms with Crippen molar-refractivity contribution in [2.24, 2.45) is 0 Å². The van der Waals surface area contributed by atoms with Gasteiger partial charge in [-0.1, -0.05) is 17.7 Å². The van der Waals surface area contributed by atoms with Gasteiger partial charge in [-0.25, -0.2) is 9.97 Å². The average molecular weight is 406 g/mol. The molecule has 0 saturated carbocycles. The van der Waals surface area contributed by atoms with Gasteiger partial charge in [0.15, 0.2) is 0 Å². The van der Waals surface area contributed by atoms with Gasteiger partial charge in [0.25, 0.3) is 0 Å². The first-order valence-electron chi connectivity index (χ1n) is 8.57. The topological polar surface area (TPSA) is 47.9 Å². The maximum atomic E-state index is 14.4. The predicted octanol–water partition coefficient (Wildman–Crippen LogP) is 5.21. The summed E-state index contributed by atoms with van der Waals surface area (Å²) < 4.78 is 20.2. The molecule has 0 N–H and O–H groups in total. The van der Waals surface area contributed by atoms with Crippen LogP contribution in [-0.4, -0.2) is 15.0 Å². The van der Waals surface area contributed by atoms with Crippen molar-refractivity contribution in [3.8, 4) is 17.0 Å². The quantitative estimate of drug-likeness (QED) is 0.558. The highest BCUT2D eigenvalue weighted by molar-refractivity contribution is 6.30. The lowest BCUT2D eigenvalue weighted by Crippen LogP contribution is -2.10. The molecule has 4 rings (SSSR count). The van der Waals surface area contributed by atoms with Crippen molar-refractivity contribution in [1.29, 1.82) is 0 Å². The Labute approximate surface area is 168 Å². The van der Waals surface area contributed by atoms with E-state index in [1.807, 2.05) is 18.2 Å². The van der Waals surface area contributed by atoms with Crippen LogP contribution >= 0.6 is 24.0 Å². The van der Waals surface area contributed by atoms with Gasteiger partial charge in [0.1, 0.15) is 6.61 Å². The fraction of sp³-hybridized carbons (Fsp3) is 0.250. The van der Waals surface area contributed by atoms with Crippen molar-refractivity contribution in [3.63, 3.8) is 0 Å². The number of pyridine rings is 3. The molecule has 3 heterocycles. The molecule has 0 amide bonds. The lowest BCUT2D eigenvalue weighted by molar-refractivity contribution is 0.288. The summed E-state index contributed by atoms with van der Waals surface area (Å²) in [5.74, 6) is -0.0743. The predicted molar refractivity (Wildman–Crippen MR) is 105 cm³/mol. The second-order valence-corrected chi connectivity index (χ2v) is 6.68. The average Bonchev–Trinajstić information content (AvgIpc) is 2.68. The Kier molecular flexibility index (Phi) is 6.24. The van der Waals surface area contributed by atoms with E-state index in [1.54, 1.807) is 18.3 Å². The smallest absolute Gasteiger partial charge is 0.220 e. The maximum Gasteiger partial charge on any atom is 0.220 e. The molecule has 0 spiro atoms. The first kappa shape index (κ1) is 19.5. The van der Waals surface area contributed by atoms with Crippen LogP contribution in [0.1, 0.15) is 29.8 Å². The maximum absolute atomic E-state index is 14.4. The van der Waals surface area contributed by atoms with Crippen LogP contribution in [0.25, 0.3) is 11.1 Å². The Morgan fingerprint density at radius 2 is 1.93 bits per heavy atom. The Bertz CT molecular complexity index is 938. The minimum Gasteiger partial charge on any atom is -0.471 e. The van der Waals surface area contributed by atoms with E-state index in [-0.39, 0.29) is 12.4 Å².